The fourth-order valence-corrected chi connectivity index (χ4v) is 10.3. The molecule has 270 valence electrons. The Morgan fingerprint density at radius 2 is 0.690 bits per heavy atom. The first-order valence-electron chi connectivity index (χ1n) is 20.2. The first-order chi connectivity index (χ1) is 28.8. The van der Waals surface area contributed by atoms with Gasteiger partial charge in [-0.3, -0.25) is 0 Å². The molecule has 2 aliphatic carbocycles. The summed E-state index contributed by atoms with van der Waals surface area (Å²) in [4.78, 5) is 2.55. The third-order valence-electron chi connectivity index (χ3n) is 12.7. The van der Waals surface area contributed by atoms with Crippen molar-refractivity contribution >= 4 is 38.6 Å². The van der Waals surface area contributed by atoms with Crippen LogP contribution in [0.3, 0.4) is 0 Å². The van der Waals surface area contributed by atoms with E-state index in [4.69, 9.17) is 0 Å². The van der Waals surface area contributed by atoms with Gasteiger partial charge >= 0.3 is 0 Å². The van der Waals surface area contributed by atoms with E-state index in [2.05, 4.69) is 229 Å². The van der Waals surface area contributed by atoms with Gasteiger partial charge in [-0.25, -0.2) is 0 Å². The normalized spacial score (nSPS) is 13.0. The van der Waals surface area contributed by atoms with Crippen LogP contribution in [0.2, 0.25) is 0 Å². The second-order valence-corrected chi connectivity index (χ2v) is 15.5. The van der Waals surface area contributed by atoms with Crippen LogP contribution >= 0.6 is 0 Å². The fourth-order valence-electron chi connectivity index (χ4n) is 10.3. The summed E-state index contributed by atoms with van der Waals surface area (Å²) in [7, 11) is 0. The molecule has 2 aliphatic rings. The Morgan fingerprint density at radius 1 is 0.293 bits per heavy atom. The lowest BCUT2D eigenvalue weighted by atomic mass is 9.70. The molecule has 1 nitrogen and oxygen atoms in total. The van der Waals surface area contributed by atoms with E-state index in [1.54, 1.807) is 0 Å². The molecular formula is C57H37N. The van der Waals surface area contributed by atoms with Crippen LogP contribution in [0.25, 0.3) is 66.1 Å². The van der Waals surface area contributed by atoms with Crippen molar-refractivity contribution in [3.05, 3.63) is 247 Å². The minimum atomic E-state index is -0.460. The molecule has 1 heteroatoms. The van der Waals surface area contributed by atoms with Crippen molar-refractivity contribution in [1.82, 2.24) is 0 Å². The van der Waals surface area contributed by atoms with E-state index < -0.39 is 5.41 Å². The molecule has 10 aromatic carbocycles. The number of nitrogens with zero attached hydrogens (tertiary/aromatic N) is 1. The van der Waals surface area contributed by atoms with Crippen molar-refractivity contribution in [2.75, 3.05) is 4.90 Å². The lowest BCUT2D eigenvalue weighted by molar-refractivity contribution is 0.793. The third kappa shape index (κ3) is 4.59. The molecule has 58 heavy (non-hydrogen) atoms. The van der Waals surface area contributed by atoms with Gasteiger partial charge in [-0.05, 0) is 101 Å². The highest BCUT2D eigenvalue weighted by molar-refractivity contribution is 6.10. The Kier molecular flexibility index (Phi) is 7.21. The van der Waals surface area contributed by atoms with Crippen LogP contribution in [0.1, 0.15) is 22.3 Å². The van der Waals surface area contributed by atoms with Crippen LogP contribution in [0.5, 0.6) is 0 Å². The molecule has 0 unspecified atom stereocenters. The predicted octanol–water partition coefficient (Wildman–Crippen LogP) is 15.1. The first kappa shape index (κ1) is 32.7. The predicted molar refractivity (Wildman–Crippen MR) is 243 cm³/mol. The van der Waals surface area contributed by atoms with Crippen LogP contribution < -0.4 is 4.90 Å². The summed E-state index contributed by atoms with van der Waals surface area (Å²) >= 11 is 0. The van der Waals surface area contributed by atoms with Gasteiger partial charge in [0.25, 0.3) is 0 Å². The maximum Gasteiger partial charge on any atom is 0.0726 e. The highest BCUT2D eigenvalue weighted by Crippen LogP contribution is 2.63. The number of hydrogen-bond acceptors (Lipinski definition) is 1. The van der Waals surface area contributed by atoms with Gasteiger partial charge in [0.15, 0.2) is 0 Å². The van der Waals surface area contributed by atoms with Crippen molar-refractivity contribution in [3.8, 4) is 44.5 Å². The van der Waals surface area contributed by atoms with Gasteiger partial charge in [0.1, 0.15) is 0 Å². The Balaban J connectivity index is 1.22. The Labute approximate surface area is 338 Å². The number of anilines is 3. The standard InChI is InChI=1S/C57H37N/c1-3-19-40(20-4-1)55-43-23-9-7-17-38(43)31-35-53(55)58(54-36-32-39-18-8-10-24-44(39)56(54)41-21-5-2-6-22-41)42-33-34-48-47-27-13-16-30-51(47)57(52(48)37-42)49-28-14-11-25-45(49)46-26-12-15-29-50(46)57/h1-37H. The first-order valence-corrected chi connectivity index (χ1v) is 20.2. The molecule has 0 saturated heterocycles. The molecule has 0 N–H and O–H groups in total. The third-order valence-corrected chi connectivity index (χ3v) is 12.7. The van der Waals surface area contributed by atoms with Crippen molar-refractivity contribution in [2.24, 2.45) is 0 Å². The fraction of sp³-hybridized carbons (Fsp3) is 0.0175. The van der Waals surface area contributed by atoms with E-state index in [0.717, 1.165) is 17.1 Å². The van der Waals surface area contributed by atoms with Crippen molar-refractivity contribution in [1.29, 1.82) is 0 Å². The summed E-state index contributed by atoms with van der Waals surface area (Å²) in [5, 5.41) is 4.88. The monoisotopic (exact) mass is 735 g/mol. The quantitative estimate of drug-likeness (QED) is 0.170. The lowest BCUT2D eigenvalue weighted by Crippen LogP contribution is -2.26. The summed E-state index contributed by atoms with van der Waals surface area (Å²) < 4.78 is 0. The maximum absolute atomic E-state index is 2.55. The molecule has 0 aromatic heterocycles. The molecule has 0 amide bonds. The highest BCUT2D eigenvalue weighted by atomic mass is 15.1. The zero-order valence-corrected chi connectivity index (χ0v) is 31.8. The van der Waals surface area contributed by atoms with E-state index in [1.807, 2.05) is 0 Å². The van der Waals surface area contributed by atoms with Crippen LogP contribution in [0.15, 0.2) is 224 Å². The largest absolute Gasteiger partial charge is 0.309 e. The molecule has 1 spiro atoms. The average Bonchev–Trinajstić information content (AvgIpc) is 3.76. The van der Waals surface area contributed by atoms with Crippen LogP contribution in [0.4, 0.5) is 17.1 Å². The van der Waals surface area contributed by atoms with E-state index in [1.165, 1.54) is 88.3 Å². The summed E-state index contributed by atoms with van der Waals surface area (Å²) in [5.41, 5.74) is 18.3. The Morgan fingerprint density at radius 3 is 1.17 bits per heavy atom. The topological polar surface area (TPSA) is 3.24 Å². The Hall–Kier alpha value is -7.48. The van der Waals surface area contributed by atoms with Gasteiger partial charge in [0.2, 0.25) is 0 Å². The molecule has 0 aliphatic heterocycles. The number of fused-ring (bicyclic) bond motifs is 12. The SMILES string of the molecule is c1ccc(-c2c(N(c3ccc4c(c3)C3(c5ccccc5-c5ccccc53)c3ccccc3-4)c3ccc4ccccc4c3-c3ccccc3)ccc3ccccc23)cc1. The molecule has 10 aromatic rings. The van der Waals surface area contributed by atoms with Gasteiger partial charge < -0.3 is 4.90 Å². The van der Waals surface area contributed by atoms with Gasteiger partial charge in [0, 0.05) is 16.8 Å². The van der Waals surface area contributed by atoms with Gasteiger partial charge in [0.05, 0.1) is 16.8 Å². The number of hydrogen-bond donors (Lipinski definition) is 0. The molecule has 12 rings (SSSR count). The minimum Gasteiger partial charge on any atom is -0.309 e. The molecule has 0 atom stereocenters. The number of rotatable bonds is 5. The summed E-state index contributed by atoms with van der Waals surface area (Å²) in [6.07, 6.45) is 0. The maximum atomic E-state index is 2.55. The average molecular weight is 736 g/mol. The van der Waals surface area contributed by atoms with E-state index in [0.29, 0.717) is 0 Å². The molecule has 0 radical (unpaired) electrons. The van der Waals surface area contributed by atoms with Crippen molar-refractivity contribution in [3.63, 3.8) is 0 Å². The summed E-state index contributed by atoms with van der Waals surface area (Å²) in [6, 6.07) is 83.2. The molecule has 0 heterocycles. The van der Waals surface area contributed by atoms with Crippen LogP contribution in [-0.2, 0) is 5.41 Å². The summed E-state index contributed by atoms with van der Waals surface area (Å²) in [6.45, 7) is 0. The lowest BCUT2D eigenvalue weighted by Gasteiger charge is -2.34. The second-order valence-electron chi connectivity index (χ2n) is 15.5. The second kappa shape index (κ2) is 12.8. The Bertz CT molecular complexity index is 3050. The van der Waals surface area contributed by atoms with E-state index >= 15 is 0 Å². The summed E-state index contributed by atoms with van der Waals surface area (Å²) in [5.74, 6) is 0. The molecule has 0 bridgehead atoms. The zero-order chi connectivity index (χ0) is 38.2. The zero-order valence-electron chi connectivity index (χ0n) is 31.8. The van der Waals surface area contributed by atoms with Crippen molar-refractivity contribution in [2.45, 2.75) is 5.41 Å². The van der Waals surface area contributed by atoms with Gasteiger partial charge in [-0.15, -0.1) is 0 Å². The highest BCUT2D eigenvalue weighted by Gasteiger charge is 2.51. The molecule has 0 fully saturated rings. The van der Waals surface area contributed by atoms with E-state index in [-0.39, 0.29) is 0 Å². The van der Waals surface area contributed by atoms with E-state index in [9.17, 15) is 0 Å². The van der Waals surface area contributed by atoms with Crippen molar-refractivity contribution < 1.29 is 0 Å². The smallest absolute Gasteiger partial charge is 0.0726 e. The van der Waals surface area contributed by atoms with Gasteiger partial charge in [-0.2, -0.15) is 0 Å². The van der Waals surface area contributed by atoms with Crippen LogP contribution in [0, 0.1) is 0 Å². The minimum absolute atomic E-state index is 0.460. The molecule has 0 saturated carbocycles. The van der Waals surface area contributed by atoms with Gasteiger partial charge in [-0.1, -0.05) is 200 Å². The number of benzene rings is 10. The van der Waals surface area contributed by atoms with Crippen LogP contribution in [-0.4, -0.2) is 0 Å². The molecular weight excluding hydrogens is 699 g/mol.